The van der Waals surface area contributed by atoms with Crippen molar-refractivity contribution in [2.75, 3.05) is 6.54 Å². The molecule has 0 aromatic carbocycles. The summed E-state index contributed by atoms with van der Waals surface area (Å²) in [5.41, 5.74) is -0.0125. The molecule has 1 aliphatic rings. The molecule has 6 heteroatoms. The lowest BCUT2D eigenvalue weighted by Crippen LogP contribution is -2.33. The van der Waals surface area contributed by atoms with Crippen molar-refractivity contribution in [1.82, 2.24) is 19.7 Å². The van der Waals surface area contributed by atoms with Crippen LogP contribution < -0.4 is 11.0 Å². The maximum Gasteiger partial charge on any atom is 0.345 e. The van der Waals surface area contributed by atoms with E-state index in [9.17, 15) is 4.79 Å². The van der Waals surface area contributed by atoms with Gasteiger partial charge in [-0.2, -0.15) is 5.10 Å². The summed E-state index contributed by atoms with van der Waals surface area (Å²) in [6.07, 6.45) is 0. The minimum absolute atomic E-state index is 0. The normalized spacial score (nSPS) is 15.1. The lowest BCUT2D eigenvalue weighted by Gasteiger charge is -2.11. The first-order valence-corrected chi connectivity index (χ1v) is 3.62. The molecule has 0 bridgehead atoms. The van der Waals surface area contributed by atoms with E-state index in [0.29, 0.717) is 6.54 Å². The van der Waals surface area contributed by atoms with Crippen LogP contribution in [0.15, 0.2) is 4.79 Å². The van der Waals surface area contributed by atoms with Gasteiger partial charge in [0.1, 0.15) is 5.82 Å². The van der Waals surface area contributed by atoms with Gasteiger partial charge in [0, 0.05) is 20.1 Å². The molecule has 0 radical (unpaired) electrons. The second kappa shape index (κ2) is 3.28. The van der Waals surface area contributed by atoms with E-state index < -0.39 is 0 Å². The number of nitrogens with zero attached hydrogens (tertiary/aromatic N) is 3. The predicted molar refractivity (Wildman–Crippen MR) is 46.4 cm³/mol. The van der Waals surface area contributed by atoms with Gasteiger partial charge in [0.25, 0.3) is 0 Å². The minimum Gasteiger partial charge on any atom is -0.308 e. The molecule has 1 aromatic heterocycles. The van der Waals surface area contributed by atoms with Crippen LogP contribution in [0.4, 0.5) is 0 Å². The van der Waals surface area contributed by atoms with E-state index in [1.54, 1.807) is 11.6 Å². The highest BCUT2D eigenvalue weighted by molar-refractivity contribution is 5.85. The number of fused-ring (bicyclic) bond motifs is 1. The Balaban J connectivity index is 0.000000720. The summed E-state index contributed by atoms with van der Waals surface area (Å²) in [6, 6.07) is 0. The number of aromatic nitrogens is 3. The Morgan fingerprint density at radius 3 is 3.00 bits per heavy atom. The van der Waals surface area contributed by atoms with E-state index in [0.717, 1.165) is 18.9 Å². The van der Waals surface area contributed by atoms with Crippen LogP contribution in [-0.4, -0.2) is 20.9 Å². The van der Waals surface area contributed by atoms with Gasteiger partial charge in [0.2, 0.25) is 0 Å². The maximum atomic E-state index is 11.2. The molecule has 0 saturated heterocycles. The van der Waals surface area contributed by atoms with E-state index in [2.05, 4.69) is 10.4 Å². The van der Waals surface area contributed by atoms with Crippen molar-refractivity contribution in [1.29, 1.82) is 0 Å². The molecule has 0 atom stereocenters. The SMILES string of the molecule is Cl.Cn1nc2n(c1=O)CCNC2. The second-order valence-electron chi connectivity index (χ2n) is 2.65. The van der Waals surface area contributed by atoms with E-state index in [1.165, 1.54) is 4.68 Å². The lowest BCUT2D eigenvalue weighted by atomic mass is 10.4. The predicted octanol–water partition coefficient (Wildman–Crippen LogP) is -0.893. The third-order valence-corrected chi connectivity index (χ3v) is 1.88. The number of nitrogens with one attached hydrogen (secondary N) is 1. The molecule has 1 N–H and O–H groups in total. The molecular weight excluding hydrogens is 180 g/mol. The van der Waals surface area contributed by atoms with Crippen LogP contribution in [0.2, 0.25) is 0 Å². The van der Waals surface area contributed by atoms with Crippen LogP contribution >= 0.6 is 12.4 Å². The Labute approximate surface area is 75.8 Å². The molecule has 0 fully saturated rings. The maximum absolute atomic E-state index is 11.2. The van der Waals surface area contributed by atoms with Gasteiger partial charge in [-0.15, -0.1) is 12.4 Å². The van der Waals surface area contributed by atoms with Crippen molar-refractivity contribution < 1.29 is 0 Å². The number of halogens is 1. The monoisotopic (exact) mass is 190 g/mol. The standard InChI is InChI=1S/C6H10N4O.ClH/c1-9-6(11)10-3-2-7-4-5(10)8-9;/h7H,2-4H2,1H3;1H. The number of rotatable bonds is 0. The Morgan fingerprint density at radius 2 is 2.33 bits per heavy atom. The van der Waals surface area contributed by atoms with Crippen LogP contribution in [0.1, 0.15) is 5.82 Å². The average molecular weight is 191 g/mol. The van der Waals surface area contributed by atoms with E-state index in [4.69, 9.17) is 0 Å². The first-order chi connectivity index (χ1) is 5.29. The van der Waals surface area contributed by atoms with Crippen molar-refractivity contribution in [3.8, 4) is 0 Å². The van der Waals surface area contributed by atoms with Crippen LogP contribution in [0, 0.1) is 0 Å². The summed E-state index contributed by atoms with van der Waals surface area (Å²) >= 11 is 0. The largest absolute Gasteiger partial charge is 0.345 e. The van der Waals surface area contributed by atoms with Gasteiger partial charge in [0.05, 0.1) is 6.54 Å². The summed E-state index contributed by atoms with van der Waals surface area (Å²) in [7, 11) is 1.67. The number of aryl methyl sites for hydroxylation is 1. The van der Waals surface area contributed by atoms with Gasteiger partial charge in [-0.25, -0.2) is 9.48 Å². The molecule has 0 saturated carbocycles. The van der Waals surface area contributed by atoms with Crippen molar-refractivity contribution in [3.05, 3.63) is 16.3 Å². The van der Waals surface area contributed by atoms with Gasteiger partial charge in [-0.3, -0.25) is 4.57 Å². The van der Waals surface area contributed by atoms with Gasteiger partial charge >= 0.3 is 5.69 Å². The van der Waals surface area contributed by atoms with Crippen LogP contribution in [0.25, 0.3) is 0 Å². The van der Waals surface area contributed by atoms with Crippen molar-refractivity contribution >= 4 is 12.4 Å². The first kappa shape index (κ1) is 9.28. The highest BCUT2D eigenvalue weighted by atomic mass is 35.5. The summed E-state index contributed by atoms with van der Waals surface area (Å²) in [5.74, 6) is 0.837. The molecule has 68 valence electrons. The number of hydrogen-bond acceptors (Lipinski definition) is 3. The molecule has 12 heavy (non-hydrogen) atoms. The quantitative estimate of drug-likeness (QED) is 0.578. The zero-order valence-electron chi connectivity index (χ0n) is 6.78. The molecule has 1 aromatic rings. The summed E-state index contributed by atoms with van der Waals surface area (Å²) < 4.78 is 3.08. The zero-order valence-corrected chi connectivity index (χ0v) is 7.60. The highest BCUT2D eigenvalue weighted by Crippen LogP contribution is 1.95. The van der Waals surface area contributed by atoms with Gasteiger partial charge in [-0.05, 0) is 0 Å². The summed E-state index contributed by atoms with van der Waals surface area (Å²) in [4.78, 5) is 11.2. The second-order valence-corrected chi connectivity index (χ2v) is 2.65. The van der Waals surface area contributed by atoms with E-state index in [1.807, 2.05) is 0 Å². The van der Waals surface area contributed by atoms with Crippen molar-refractivity contribution in [2.24, 2.45) is 7.05 Å². The smallest absolute Gasteiger partial charge is 0.308 e. The molecule has 5 nitrogen and oxygen atoms in total. The first-order valence-electron chi connectivity index (χ1n) is 3.62. The molecule has 0 aliphatic carbocycles. The zero-order chi connectivity index (χ0) is 7.84. The summed E-state index contributed by atoms with van der Waals surface area (Å²) in [5, 5.41) is 7.20. The van der Waals surface area contributed by atoms with E-state index >= 15 is 0 Å². The van der Waals surface area contributed by atoms with Gasteiger partial charge in [-0.1, -0.05) is 0 Å². The fourth-order valence-corrected chi connectivity index (χ4v) is 1.30. The van der Waals surface area contributed by atoms with Crippen molar-refractivity contribution in [2.45, 2.75) is 13.1 Å². The minimum atomic E-state index is -0.0125. The number of hydrogen-bond donors (Lipinski definition) is 1. The molecule has 0 unspecified atom stereocenters. The molecular formula is C6H11ClN4O. The fourth-order valence-electron chi connectivity index (χ4n) is 1.30. The summed E-state index contributed by atoms with van der Waals surface area (Å²) in [6.45, 7) is 2.30. The Hall–Kier alpha value is -0.810. The molecule has 0 amide bonds. The van der Waals surface area contributed by atoms with Crippen LogP contribution in [-0.2, 0) is 20.1 Å². The molecule has 0 spiro atoms. The Bertz CT molecular complexity index is 329. The fraction of sp³-hybridized carbons (Fsp3) is 0.667. The molecule has 2 rings (SSSR count). The van der Waals surface area contributed by atoms with Crippen LogP contribution in [0.5, 0.6) is 0 Å². The van der Waals surface area contributed by atoms with Gasteiger partial charge < -0.3 is 5.32 Å². The van der Waals surface area contributed by atoms with Gasteiger partial charge in [0.15, 0.2) is 0 Å². The Morgan fingerprint density at radius 1 is 1.58 bits per heavy atom. The molecule has 2 heterocycles. The lowest BCUT2D eigenvalue weighted by molar-refractivity contribution is 0.497. The topological polar surface area (TPSA) is 51.9 Å². The molecule has 1 aliphatic heterocycles. The highest BCUT2D eigenvalue weighted by Gasteiger charge is 2.13. The van der Waals surface area contributed by atoms with E-state index in [-0.39, 0.29) is 18.1 Å². The Kier molecular flexibility index (Phi) is 2.54. The third-order valence-electron chi connectivity index (χ3n) is 1.88. The third kappa shape index (κ3) is 1.25. The average Bonchev–Trinajstić information content (AvgIpc) is 2.30. The van der Waals surface area contributed by atoms with Crippen molar-refractivity contribution in [3.63, 3.8) is 0 Å². The van der Waals surface area contributed by atoms with Crippen LogP contribution in [0.3, 0.4) is 0 Å².